The lowest BCUT2D eigenvalue weighted by Crippen LogP contribution is -2.58. The van der Waals surface area contributed by atoms with Crippen molar-refractivity contribution in [2.45, 2.75) is 51.3 Å². The van der Waals surface area contributed by atoms with Gasteiger partial charge < -0.3 is 31.8 Å². The fourth-order valence-corrected chi connectivity index (χ4v) is 3.78. The van der Waals surface area contributed by atoms with Crippen molar-refractivity contribution in [2.24, 2.45) is 11.7 Å². The number of amides is 3. The molecular formula is C22H32ClN5O4. The molecule has 1 unspecified atom stereocenters. The number of nitrogens with zero attached hydrogens (tertiary/aromatic N) is 1. The lowest BCUT2D eigenvalue weighted by Gasteiger charge is -2.35. The highest BCUT2D eigenvalue weighted by Crippen LogP contribution is 2.22. The van der Waals surface area contributed by atoms with Crippen molar-refractivity contribution in [3.8, 4) is 0 Å². The smallest absolute Gasteiger partial charge is 0.245 e. The second kappa shape index (κ2) is 10.9. The standard InChI is InChI=1S/C22H32ClN5O4/c1-22(2,25)21(32)27-18(7-6-14-5-4-13(12-29)10-16(14)23)20(31)28-9-8-17(24)15(11-28)19(30)26-3/h4-5,10,15,18,24,29H,6-9,11-12,25H2,1-3H3,(H,26,30)(H,27,32)/t15?,18-/m1/s1. The molecule has 176 valence electrons. The van der Waals surface area contributed by atoms with Crippen molar-refractivity contribution in [1.29, 1.82) is 5.41 Å². The Bertz CT molecular complexity index is 876. The van der Waals surface area contributed by atoms with Crippen molar-refractivity contribution in [1.82, 2.24) is 15.5 Å². The maximum Gasteiger partial charge on any atom is 0.245 e. The number of likely N-dealkylation sites (tertiary alicyclic amines) is 1. The fraction of sp³-hybridized carbons (Fsp3) is 0.545. The summed E-state index contributed by atoms with van der Waals surface area (Å²) >= 11 is 6.30. The lowest BCUT2D eigenvalue weighted by atomic mass is 9.93. The minimum atomic E-state index is -1.17. The van der Waals surface area contributed by atoms with E-state index in [1.807, 2.05) is 0 Å². The highest BCUT2D eigenvalue weighted by atomic mass is 35.5. The van der Waals surface area contributed by atoms with E-state index in [4.69, 9.17) is 22.7 Å². The molecule has 0 spiro atoms. The van der Waals surface area contributed by atoms with Crippen LogP contribution in [0.15, 0.2) is 18.2 Å². The van der Waals surface area contributed by atoms with E-state index in [1.54, 1.807) is 32.0 Å². The highest BCUT2D eigenvalue weighted by molar-refractivity contribution is 6.31. The molecule has 3 amide bonds. The predicted octanol–water partition coefficient (Wildman–Crippen LogP) is 0.601. The second-order valence-corrected chi connectivity index (χ2v) is 9.00. The predicted molar refractivity (Wildman–Crippen MR) is 122 cm³/mol. The summed E-state index contributed by atoms with van der Waals surface area (Å²) in [5, 5.41) is 23.0. The molecule has 1 fully saturated rings. The van der Waals surface area contributed by atoms with Crippen molar-refractivity contribution in [2.75, 3.05) is 20.1 Å². The molecule has 2 atom stereocenters. The number of piperidine rings is 1. The van der Waals surface area contributed by atoms with E-state index in [-0.39, 0.29) is 37.1 Å². The Morgan fingerprint density at radius 1 is 1.38 bits per heavy atom. The van der Waals surface area contributed by atoms with Gasteiger partial charge in [-0.1, -0.05) is 23.7 Å². The number of aliphatic hydroxyl groups excluding tert-OH is 1. The van der Waals surface area contributed by atoms with Crippen LogP contribution in [0, 0.1) is 11.3 Å². The van der Waals surface area contributed by atoms with E-state index >= 15 is 0 Å². The van der Waals surface area contributed by atoms with Crippen LogP contribution in [-0.4, -0.2) is 65.2 Å². The van der Waals surface area contributed by atoms with E-state index < -0.39 is 23.4 Å². The Kier molecular flexibility index (Phi) is 8.77. The second-order valence-electron chi connectivity index (χ2n) is 8.60. The van der Waals surface area contributed by atoms with Crippen LogP contribution in [0.4, 0.5) is 0 Å². The van der Waals surface area contributed by atoms with Crippen molar-refractivity contribution < 1.29 is 19.5 Å². The summed E-state index contributed by atoms with van der Waals surface area (Å²) in [7, 11) is 1.49. The fourth-order valence-electron chi connectivity index (χ4n) is 3.48. The Morgan fingerprint density at radius 2 is 2.06 bits per heavy atom. The Morgan fingerprint density at radius 3 is 2.62 bits per heavy atom. The third-order valence-corrected chi connectivity index (χ3v) is 5.89. The SMILES string of the molecule is CNC(=O)C1CN(C(=O)[C@@H](CCc2ccc(CO)cc2Cl)NC(=O)C(C)(C)N)CCC1=N. The first-order chi connectivity index (χ1) is 15.0. The number of carbonyl (C=O) groups excluding carboxylic acids is 3. The first-order valence-electron chi connectivity index (χ1n) is 10.5. The van der Waals surface area contributed by atoms with Gasteiger partial charge in [0, 0.05) is 37.3 Å². The van der Waals surface area contributed by atoms with Gasteiger partial charge in [0.2, 0.25) is 17.7 Å². The van der Waals surface area contributed by atoms with Crippen molar-refractivity contribution >= 4 is 35.0 Å². The molecule has 1 aliphatic rings. The number of nitrogens with one attached hydrogen (secondary N) is 3. The van der Waals surface area contributed by atoms with E-state index in [0.717, 1.165) is 5.56 Å². The lowest BCUT2D eigenvalue weighted by molar-refractivity contribution is -0.139. The van der Waals surface area contributed by atoms with Crippen LogP contribution in [0.25, 0.3) is 0 Å². The summed E-state index contributed by atoms with van der Waals surface area (Å²) in [5.74, 6) is -1.82. The summed E-state index contributed by atoms with van der Waals surface area (Å²) in [5.41, 5.74) is 6.48. The molecule has 2 rings (SSSR count). The molecule has 1 aromatic carbocycles. The zero-order valence-corrected chi connectivity index (χ0v) is 19.5. The first kappa shape index (κ1) is 25.8. The molecule has 0 aromatic heterocycles. The number of hydrogen-bond acceptors (Lipinski definition) is 6. The Labute approximate surface area is 193 Å². The monoisotopic (exact) mass is 465 g/mol. The van der Waals surface area contributed by atoms with Gasteiger partial charge in [-0.2, -0.15) is 0 Å². The molecule has 0 saturated carbocycles. The van der Waals surface area contributed by atoms with E-state index in [1.165, 1.54) is 11.9 Å². The van der Waals surface area contributed by atoms with Gasteiger partial charge in [0.25, 0.3) is 0 Å². The number of hydrogen-bond donors (Lipinski definition) is 5. The van der Waals surface area contributed by atoms with Gasteiger partial charge in [-0.25, -0.2) is 0 Å². The molecule has 0 bridgehead atoms. The molecule has 10 heteroatoms. The van der Waals surface area contributed by atoms with Crippen molar-refractivity contribution in [3.05, 3.63) is 34.3 Å². The van der Waals surface area contributed by atoms with Gasteiger partial charge >= 0.3 is 0 Å². The number of rotatable bonds is 8. The van der Waals surface area contributed by atoms with Crippen LogP contribution in [0.2, 0.25) is 5.02 Å². The molecule has 6 N–H and O–H groups in total. The molecule has 0 aliphatic carbocycles. The van der Waals surface area contributed by atoms with Gasteiger partial charge in [-0.05, 0) is 43.9 Å². The van der Waals surface area contributed by atoms with Crippen LogP contribution in [0.1, 0.15) is 37.8 Å². The van der Waals surface area contributed by atoms with Crippen LogP contribution in [0.3, 0.4) is 0 Å². The first-order valence-corrected chi connectivity index (χ1v) is 10.9. The summed E-state index contributed by atoms with van der Waals surface area (Å²) in [6.45, 7) is 3.37. The van der Waals surface area contributed by atoms with Gasteiger partial charge in [-0.15, -0.1) is 0 Å². The Hall–Kier alpha value is -2.49. The summed E-state index contributed by atoms with van der Waals surface area (Å²) in [6, 6.07) is 4.34. The van der Waals surface area contributed by atoms with Gasteiger partial charge in [-0.3, -0.25) is 14.4 Å². The minimum Gasteiger partial charge on any atom is -0.392 e. The largest absolute Gasteiger partial charge is 0.392 e. The van der Waals surface area contributed by atoms with E-state index in [2.05, 4.69) is 10.6 Å². The minimum absolute atomic E-state index is 0.0850. The maximum absolute atomic E-state index is 13.3. The average molecular weight is 466 g/mol. The molecule has 1 saturated heterocycles. The highest BCUT2D eigenvalue weighted by Gasteiger charge is 2.36. The normalized spacial score (nSPS) is 17.6. The third-order valence-electron chi connectivity index (χ3n) is 5.54. The van der Waals surface area contributed by atoms with Crippen LogP contribution < -0.4 is 16.4 Å². The summed E-state index contributed by atoms with van der Waals surface area (Å²) in [4.78, 5) is 39.5. The molecule has 1 aliphatic heterocycles. The number of halogens is 1. The number of aryl methyl sites for hydroxylation is 1. The summed E-state index contributed by atoms with van der Waals surface area (Å²) in [6.07, 6.45) is 0.980. The number of benzene rings is 1. The topological polar surface area (TPSA) is 149 Å². The van der Waals surface area contributed by atoms with E-state index in [0.29, 0.717) is 30.0 Å². The van der Waals surface area contributed by atoms with Gasteiger partial charge in [0.1, 0.15) is 6.04 Å². The van der Waals surface area contributed by atoms with Crippen LogP contribution in [-0.2, 0) is 27.4 Å². The average Bonchev–Trinajstić information content (AvgIpc) is 2.75. The van der Waals surface area contributed by atoms with Crippen molar-refractivity contribution in [3.63, 3.8) is 0 Å². The number of carbonyl (C=O) groups is 3. The van der Waals surface area contributed by atoms with Crippen LogP contribution in [0.5, 0.6) is 0 Å². The zero-order valence-electron chi connectivity index (χ0n) is 18.7. The number of nitrogens with two attached hydrogens (primary N) is 1. The molecule has 0 radical (unpaired) electrons. The van der Waals surface area contributed by atoms with Gasteiger partial charge in [0.05, 0.1) is 18.1 Å². The van der Waals surface area contributed by atoms with E-state index in [9.17, 15) is 19.5 Å². The Balaban J connectivity index is 2.20. The maximum atomic E-state index is 13.3. The molecule has 1 aromatic rings. The molecule has 32 heavy (non-hydrogen) atoms. The molecule has 9 nitrogen and oxygen atoms in total. The zero-order chi connectivity index (χ0) is 24.1. The quantitative estimate of drug-likeness (QED) is 0.381. The number of aliphatic hydroxyl groups is 1. The van der Waals surface area contributed by atoms with Gasteiger partial charge in [0.15, 0.2) is 0 Å². The summed E-state index contributed by atoms with van der Waals surface area (Å²) < 4.78 is 0. The third kappa shape index (κ3) is 6.51. The molecule has 1 heterocycles. The van der Waals surface area contributed by atoms with Crippen LogP contribution >= 0.6 is 11.6 Å². The molecular weight excluding hydrogens is 434 g/mol.